The molecule has 1 saturated heterocycles. The number of pyridine rings is 1. The van der Waals surface area contributed by atoms with Gasteiger partial charge in [0, 0.05) is 50.8 Å². The highest BCUT2D eigenvalue weighted by Crippen LogP contribution is 2.43. The summed E-state index contributed by atoms with van der Waals surface area (Å²) < 4.78 is 4.18. The molecule has 0 radical (unpaired) electrons. The van der Waals surface area contributed by atoms with E-state index in [0.717, 1.165) is 61.0 Å². The standard InChI is InChI=1S/C24H31N9/c1-3-16(2)33-22-19(14-27-33)28-24(31-11-8-25-9-12-31)30-23(22)29-21(17-4-5-17)18-6-7-20-26-10-13-32(20)15-18/h6-7,10,13-17,21,25H,3-5,8-9,11-12H2,1-2H3,(H,28,29,30)/t16-,21?/m0/s1. The molecule has 9 heteroatoms. The molecule has 2 atom stereocenters. The topological polar surface area (TPSA) is 88.2 Å². The Hall–Kier alpha value is -3.20. The predicted octanol–water partition coefficient (Wildman–Crippen LogP) is 3.42. The zero-order valence-corrected chi connectivity index (χ0v) is 19.3. The van der Waals surface area contributed by atoms with Crippen LogP contribution in [0.2, 0.25) is 0 Å². The Labute approximate surface area is 193 Å². The van der Waals surface area contributed by atoms with E-state index < -0.39 is 0 Å². The van der Waals surface area contributed by atoms with E-state index in [1.165, 1.54) is 18.4 Å². The average molecular weight is 446 g/mol. The number of fused-ring (bicyclic) bond motifs is 2. The van der Waals surface area contributed by atoms with Gasteiger partial charge in [0.05, 0.1) is 12.2 Å². The van der Waals surface area contributed by atoms with Gasteiger partial charge in [-0.15, -0.1) is 0 Å². The lowest BCUT2D eigenvalue weighted by atomic mass is 10.0. The lowest BCUT2D eigenvalue weighted by Crippen LogP contribution is -2.44. The first kappa shape index (κ1) is 20.4. The van der Waals surface area contributed by atoms with Crippen molar-refractivity contribution in [3.05, 3.63) is 42.5 Å². The molecular weight excluding hydrogens is 414 g/mol. The minimum absolute atomic E-state index is 0.186. The maximum atomic E-state index is 5.10. The maximum Gasteiger partial charge on any atom is 0.228 e. The Bertz CT molecular complexity index is 1270. The van der Waals surface area contributed by atoms with E-state index in [2.05, 4.69) is 61.8 Å². The molecule has 1 aliphatic heterocycles. The van der Waals surface area contributed by atoms with E-state index in [-0.39, 0.29) is 12.1 Å². The third kappa shape index (κ3) is 3.80. The minimum Gasteiger partial charge on any atom is -0.361 e. The number of nitrogens with one attached hydrogen (secondary N) is 2. The van der Waals surface area contributed by atoms with E-state index in [4.69, 9.17) is 15.1 Å². The van der Waals surface area contributed by atoms with Crippen LogP contribution in [0.1, 0.15) is 50.8 Å². The molecule has 0 spiro atoms. The second-order valence-electron chi connectivity index (χ2n) is 9.30. The molecule has 2 N–H and O–H groups in total. The number of hydrogen-bond donors (Lipinski definition) is 2. The molecule has 6 rings (SSSR count). The summed E-state index contributed by atoms with van der Waals surface area (Å²) in [6, 6.07) is 4.75. The van der Waals surface area contributed by atoms with Gasteiger partial charge in [-0.1, -0.05) is 13.0 Å². The fourth-order valence-corrected chi connectivity index (χ4v) is 4.74. The number of nitrogens with zero attached hydrogens (tertiary/aromatic N) is 7. The number of rotatable bonds is 7. The van der Waals surface area contributed by atoms with Crippen LogP contribution in [0, 0.1) is 5.92 Å². The van der Waals surface area contributed by atoms with Gasteiger partial charge in [-0.05, 0) is 43.7 Å². The molecule has 2 aliphatic rings. The highest BCUT2D eigenvalue weighted by molar-refractivity contribution is 5.87. The Morgan fingerprint density at radius 1 is 1.18 bits per heavy atom. The molecule has 5 heterocycles. The molecule has 0 amide bonds. The van der Waals surface area contributed by atoms with Gasteiger partial charge in [-0.2, -0.15) is 10.1 Å². The summed E-state index contributed by atoms with van der Waals surface area (Å²) in [4.78, 5) is 16.7. The Kier molecular flexibility index (Phi) is 5.13. The highest BCUT2D eigenvalue weighted by atomic mass is 15.3. The smallest absolute Gasteiger partial charge is 0.228 e. The Morgan fingerprint density at radius 3 is 2.82 bits per heavy atom. The van der Waals surface area contributed by atoms with Gasteiger partial charge in [0.25, 0.3) is 0 Å². The highest BCUT2D eigenvalue weighted by Gasteiger charge is 2.34. The van der Waals surface area contributed by atoms with Crippen LogP contribution in [0.3, 0.4) is 0 Å². The number of hydrogen-bond acceptors (Lipinski definition) is 7. The van der Waals surface area contributed by atoms with E-state index in [9.17, 15) is 0 Å². The summed E-state index contributed by atoms with van der Waals surface area (Å²) >= 11 is 0. The third-order valence-electron chi connectivity index (χ3n) is 7.00. The lowest BCUT2D eigenvalue weighted by molar-refractivity contribution is 0.492. The predicted molar refractivity (Wildman–Crippen MR) is 130 cm³/mol. The Balaban J connectivity index is 1.44. The van der Waals surface area contributed by atoms with E-state index >= 15 is 0 Å². The van der Waals surface area contributed by atoms with Crippen molar-refractivity contribution in [1.82, 2.24) is 34.4 Å². The van der Waals surface area contributed by atoms with E-state index in [0.29, 0.717) is 5.92 Å². The van der Waals surface area contributed by atoms with Crippen molar-refractivity contribution < 1.29 is 0 Å². The van der Waals surface area contributed by atoms with Gasteiger partial charge < -0.3 is 19.9 Å². The molecule has 9 nitrogen and oxygen atoms in total. The van der Waals surface area contributed by atoms with Crippen LogP contribution in [-0.2, 0) is 0 Å². The van der Waals surface area contributed by atoms with Crippen LogP contribution >= 0.6 is 0 Å². The second-order valence-corrected chi connectivity index (χ2v) is 9.30. The molecule has 4 aromatic heterocycles. The van der Waals surface area contributed by atoms with Crippen LogP contribution in [0.5, 0.6) is 0 Å². The van der Waals surface area contributed by atoms with E-state index in [1.807, 2.05) is 18.6 Å². The van der Waals surface area contributed by atoms with Gasteiger partial charge in [0.15, 0.2) is 5.82 Å². The third-order valence-corrected chi connectivity index (χ3v) is 7.00. The van der Waals surface area contributed by atoms with Crippen LogP contribution in [0.25, 0.3) is 16.7 Å². The van der Waals surface area contributed by atoms with Crippen molar-refractivity contribution in [2.45, 2.75) is 45.2 Å². The molecule has 0 bridgehead atoms. The van der Waals surface area contributed by atoms with Crippen molar-refractivity contribution in [2.75, 3.05) is 36.4 Å². The fourth-order valence-electron chi connectivity index (χ4n) is 4.74. The van der Waals surface area contributed by atoms with Gasteiger partial charge >= 0.3 is 0 Å². The van der Waals surface area contributed by atoms with E-state index in [1.54, 1.807) is 0 Å². The monoisotopic (exact) mass is 445 g/mol. The molecule has 4 aromatic rings. The summed E-state index contributed by atoms with van der Waals surface area (Å²) in [7, 11) is 0. The maximum absolute atomic E-state index is 5.10. The molecule has 1 unspecified atom stereocenters. The largest absolute Gasteiger partial charge is 0.361 e. The van der Waals surface area contributed by atoms with Crippen LogP contribution in [0.4, 0.5) is 11.8 Å². The second kappa shape index (κ2) is 8.30. The molecular formula is C24H31N9. The minimum atomic E-state index is 0.186. The summed E-state index contributed by atoms with van der Waals surface area (Å²) in [6.45, 7) is 8.11. The molecule has 1 saturated carbocycles. The lowest BCUT2D eigenvalue weighted by Gasteiger charge is -2.28. The SMILES string of the molecule is CC[C@H](C)n1ncc2nc(N3CCNCC3)nc(NC(c3ccc4nccn4c3)C3CC3)c21. The summed E-state index contributed by atoms with van der Waals surface area (Å²) in [6.07, 6.45) is 11.4. The van der Waals surface area contributed by atoms with Gasteiger partial charge in [0.1, 0.15) is 16.7 Å². The zero-order chi connectivity index (χ0) is 22.4. The number of anilines is 2. The summed E-state index contributed by atoms with van der Waals surface area (Å²) in [5.74, 6) is 2.27. The number of piperazine rings is 1. The quantitative estimate of drug-likeness (QED) is 0.451. The molecule has 2 fully saturated rings. The van der Waals surface area contributed by atoms with Crippen LogP contribution < -0.4 is 15.5 Å². The molecule has 172 valence electrons. The van der Waals surface area contributed by atoms with Gasteiger partial charge in [0.2, 0.25) is 5.95 Å². The van der Waals surface area contributed by atoms with Gasteiger partial charge in [-0.25, -0.2) is 9.97 Å². The summed E-state index contributed by atoms with van der Waals surface area (Å²) in [5.41, 5.74) is 4.13. The fraction of sp³-hybridized carbons (Fsp3) is 0.500. The van der Waals surface area contributed by atoms with Gasteiger partial charge in [-0.3, -0.25) is 4.68 Å². The normalized spacial score (nSPS) is 18.7. The van der Waals surface area contributed by atoms with Crippen molar-refractivity contribution >= 4 is 28.4 Å². The van der Waals surface area contributed by atoms with Crippen molar-refractivity contribution in [3.8, 4) is 0 Å². The first-order chi connectivity index (χ1) is 16.2. The van der Waals surface area contributed by atoms with Crippen molar-refractivity contribution in [1.29, 1.82) is 0 Å². The number of imidazole rings is 1. The molecule has 1 aliphatic carbocycles. The molecule has 33 heavy (non-hydrogen) atoms. The number of aromatic nitrogens is 6. The first-order valence-corrected chi connectivity index (χ1v) is 12.1. The first-order valence-electron chi connectivity index (χ1n) is 12.1. The van der Waals surface area contributed by atoms with Crippen molar-refractivity contribution in [2.24, 2.45) is 5.92 Å². The molecule has 0 aromatic carbocycles. The Morgan fingerprint density at radius 2 is 2.03 bits per heavy atom. The van der Waals surface area contributed by atoms with Crippen LogP contribution in [0.15, 0.2) is 36.9 Å². The average Bonchev–Trinajstić information content (AvgIpc) is 3.42. The van der Waals surface area contributed by atoms with Crippen molar-refractivity contribution in [3.63, 3.8) is 0 Å². The summed E-state index contributed by atoms with van der Waals surface area (Å²) in [5, 5.41) is 12.0. The zero-order valence-electron chi connectivity index (χ0n) is 19.3. The van der Waals surface area contributed by atoms with Crippen LogP contribution in [-0.4, -0.2) is 55.3 Å².